The maximum atomic E-state index is 6.10. The number of fused-ring (bicyclic) bond motifs is 3. The highest BCUT2D eigenvalue weighted by molar-refractivity contribution is 9.10. The Morgan fingerprint density at radius 1 is 0.889 bits per heavy atom. The first-order valence-corrected chi connectivity index (χ1v) is 13.2. The number of anilines is 1. The smallest absolute Gasteiger partial charge is 0.128 e. The quantitative estimate of drug-likeness (QED) is 0.198. The molecule has 2 aliphatic rings. The van der Waals surface area contributed by atoms with Crippen LogP contribution in [0.1, 0.15) is 40.6 Å². The van der Waals surface area contributed by atoms with E-state index in [-0.39, 0.29) is 0 Å². The van der Waals surface area contributed by atoms with Crippen molar-refractivity contribution in [3.63, 3.8) is 0 Å². The zero-order valence-corrected chi connectivity index (χ0v) is 21.4. The number of rotatable bonds is 6. The van der Waals surface area contributed by atoms with Gasteiger partial charge in [0, 0.05) is 27.9 Å². The standard InChI is InChI=1S/C32H27BrN2O/c33-25-16-12-22(13-17-25)21-36-31-11-4-1-6-24(31)20-34-26-18-14-23(15-19-26)32-29-9-5-8-27(29)28-7-2-3-10-30(28)35-32/h1-8,10-20,27,29,32,35H,9,21H2/t27-,29+,32+/m1/s1. The number of halogens is 1. The first-order valence-electron chi connectivity index (χ1n) is 12.4. The number of benzene rings is 4. The van der Waals surface area contributed by atoms with Crippen LogP contribution in [0.25, 0.3) is 0 Å². The minimum atomic E-state index is 0.297. The Kier molecular flexibility index (Phi) is 6.44. The first-order chi connectivity index (χ1) is 17.7. The number of ether oxygens (including phenoxy) is 1. The van der Waals surface area contributed by atoms with Crippen molar-refractivity contribution in [1.82, 2.24) is 0 Å². The van der Waals surface area contributed by atoms with Crippen LogP contribution in [-0.2, 0) is 6.61 Å². The van der Waals surface area contributed by atoms with Crippen LogP contribution in [0.15, 0.2) is 119 Å². The van der Waals surface area contributed by atoms with Crippen molar-refractivity contribution in [3.05, 3.63) is 136 Å². The second kappa shape index (κ2) is 10.2. The molecule has 0 amide bonds. The van der Waals surface area contributed by atoms with Crippen molar-refractivity contribution >= 4 is 33.5 Å². The number of para-hydroxylation sites is 2. The molecule has 1 aliphatic heterocycles. The van der Waals surface area contributed by atoms with E-state index in [1.165, 1.54) is 16.8 Å². The Morgan fingerprint density at radius 3 is 2.53 bits per heavy atom. The van der Waals surface area contributed by atoms with Crippen molar-refractivity contribution in [2.45, 2.75) is 25.0 Å². The van der Waals surface area contributed by atoms with Gasteiger partial charge in [0.2, 0.25) is 0 Å². The van der Waals surface area contributed by atoms with Crippen molar-refractivity contribution in [2.24, 2.45) is 10.9 Å². The fourth-order valence-electron chi connectivity index (χ4n) is 5.25. The molecular weight excluding hydrogens is 508 g/mol. The zero-order valence-electron chi connectivity index (χ0n) is 19.8. The molecule has 1 aliphatic carbocycles. The molecule has 4 heteroatoms. The van der Waals surface area contributed by atoms with Gasteiger partial charge in [-0.25, -0.2) is 0 Å². The van der Waals surface area contributed by atoms with E-state index in [1.54, 1.807) is 0 Å². The molecule has 0 aromatic heterocycles. The van der Waals surface area contributed by atoms with Gasteiger partial charge in [0.15, 0.2) is 0 Å². The van der Waals surface area contributed by atoms with E-state index < -0.39 is 0 Å². The predicted molar refractivity (Wildman–Crippen MR) is 151 cm³/mol. The van der Waals surface area contributed by atoms with Crippen LogP contribution in [0, 0.1) is 5.92 Å². The van der Waals surface area contributed by atoms with Gasteiger partial charge in [0.1, 0.15) is 12.4 Å². The van der Waals surface area contributed by atoms with Crippen LogP contribution in [0.3, 0.4) is 0 Å². The summed E-state index contributed by atoms with van der Waals surface area (Å²) in [4.78, 5) is 4.75. The third kappa shape index (κ3) is 4.74. The molecule has 0 radical (unpaired) electrons. The van der Waals surface area contributed by atoms with E-state index in [0.29, 0.717) is 24.5 Å². The van der Waals surface area contributed by atoms with E-state index in [0.717, 1.165) is 33.5 Å². The van der Waals surface area contributed by atoms with Crippen molar-refractivity contribution < 1.29 is 4.74 Å². The lowest BCUT2D eigenvalue weighted by Gasteiger charge is -2.37. The Bertz CT molecular complexity index is 1410. The van der Waals surface area contributed by atoms with Crippen LogP contribution < -0.4 is 10.1 Å². The van der Waals surface area contributed by atoms with Crippen LogP contribution in [0.4, 0.5) is 11.4 Å². The molecule has 6 rings (SSSR count). The summed E-state index contributed by atoms with van der Waals surface area (Å²) in [5, 5.41) is 3.80. The molecule has 0 saturated heterocycles. The summed E-state index contributed by atoms with van der Waals surface area (Å²) in [5.74, 6) is 1.86. The van der Waals surface area contributed by atoms with Crippen LogP contribution in [0.5, 0.6) is 5.75 Å². The second-order valence-corrected chi connectivity index (χ2v) is 10.3. The predicted octanol–water partition coefficient (Wildman–Crippen LogP) is 8.61. The summed E-state index contributed by atoms with van der Waals surface area (Å²) in [7, 11) is 0. The second-order valence-electron chi connectivity index (χ2n) is 9.37. The maximum Gasteiger partial charge on any atom is 0.128 e. The minimum absolute atomic E-state index is 0.297. The highest BCUT2D eigenvalue weighted by atomic mass is 79.9. The fourth-order valence-corrected chi connectivity index (χ4v) is 5.51. The largest absolute Gasteiger partial charge is 0.488 e. The van der Waals surface area contributed by atoms with Crippen LogP contribution in [0.2, 0.25) is 0 Å². The summed E-state index contributed by atoms with van der Waals surface area (Å²) >= 11 is 3.48. The highest BCUT2D eigenvalue weighted by Gasteiger charge is 2.37. The number of nitrogens with zero attached hydrogens (tertiary/aromatic N) is 1. The lowest BCUT2D eigenvalue weighted by Crippen LogP contribution is -2.28. The van der Waals surface area contributed by atoms with Crippen LogP contribution >= 0.6 is 15.9 Å². The van der Waals surface area contributed by atoms with Crippen molar-refractivity contribution in [1.29, 1.82) is 0 Å². The monoisotopic (exact) mass is 534 g/mol. The number of hydrogen-bond donors (Lipinski definition) is 1. The molecule has 0 fully saturated rings. The summed E-state index contributed by atoms with van der Waals surface area (Å²) in [5.41, 5.74) is 6.98. The maximum absolute atomic E-state index is 6.10. The molecule has 1 N–H and O–H groups in total. The van der Waals surface area contributed by atoms with Gasteiger partial charge in [-0.3, -0.25) is 4.99 Å². The normalized spacial score (nSPS) is 20.1. The molecule has 4 aromatic carbocycles. The molecule has 36 heavy (non-hydrogen) atoms. The van der Waals surface area contributed by atoms with Gasteiger partial charge >= 0.3 is 0 Å². The average molecular weight is 535 g/mol. The summed E-state index contributed by atoms with van der Waals surface area (Å²) in [6, 6.07) is 33.8. The molecule has 0 bridgehead atoms. The fraction of sp³-hybridized carbons (Fsp3) is 0.156. The third-order valence-corrected chi connectivity index (χ3v) is 7.63. The lowest BCUT2D eigenvalue weighted by molar-refractivity contribution is 0.306. The van der Waals surface area contributed by atoms with Gasteiger partial charge < -0.3 is 10.1 Å². The van der Waals surface area contributed by atoms with Gasteiger partial charge in [-0.1, -0.05) is 82.7 Å². The van der Waals surface area contributed by atoms with E-state index in [1.807, 2.05) is 42.6 Å². The zero-order chi connectivity index (χ0) is 24.3. The van der Waals surface area contributed by atoms with Gasteiger partial charge in [-0.15, -0.1) is 0 Å². The molecule has 3 nitrogen and oxygen atoms in total. The molecule has 178 valence electrons. The average Bonchev–Trinajstić information content (AvgIpc) is 3.42. The summed E-state index contributed by atoms with van der Waals surface area (Å²) in [6.45, 7) is 0.515. The highest BCUT2D eigenvalue weighted by Crippen LogP contribution is 2.49. The minimum Gasteiger partial charge on any atom is -0.488 e. The molecule has 3 atom stereocenters. The van der Waals surface area contributed by atoms with E-state index in [9.17, 15) is 0 Å². The van der Waals surface area contributed by atoms with Crippen molar-refractivity contribution in [2.75, 3.05) is 5.32 Å². The Morgan fingerprint density at radius 2 is 1.67 bits per heavy atom. The Balaban J connectivity index is 1.17. The van der Waals surface area contributed by atoms with E-state index in [4.69, 9.17) is 9.73 Å². The number of nitrogens with one attached hydrogen (secondary N) is 1. The first kappa shape index (κ1) is 22.8. The van der Waals surface area contributed by atoms with Gasteiger partial charge in [-0.2, -0.15) is 0 Å². The molecule has 1 heterocycles. The molecular formula is C32H27BrN2O. The Labute approximate surface area is 220 Å². The Hall–Kier alpha value is -3.63. The molecule has 0 unspecified atom stereocenters. The third-order valence-electron chi connectivity index (χ3n) is 7.10. The topological polar surface area (TPSA) is 33.6 Å². The van der Waals surface area contributed by atoms with Gasteiger partial charge in [0.05, 0.1) is 11.7 Å². The van der Waals surface area contributed by atoms with Gasteiger partial charge in [0.25, 0.3) is 0 Å². The summed E-state index contributed by atoms with van der Waals surface area (Å²) < 4.78 is 7.16. The number of aliphatic imine (C=N–C) groups is 1. The van der Waals surface area contributed by atoms with E-state index >= 15 is 0 Å². The molecule has 4 aromatic rings. The number of allylic oxidation sites excluding steroid dienone is 2. The SMILES string of the molecule is Brc1ccc(COc2ccccc2C=Nc2ccc([C@@H]3Nc4ccccc4[C@H]4C=CC[C@@H]43)cc2)cc1. The lowest BCUT2D eigenvalue weighted by atomic mass is 9.77. The number of hydrogen-bond acceptors (Lipinski definition) is 3. The van der Waals surface area contributed by atoms with Gasteiger partial charge in [-0.05, 0) is 71.5 Å². The van der Waals surface area contributed by atoms with E-state index in [2.05, 4.69) is 94.1 Å². The van der Waals surface area contributed by atoms with Crippen LogP contribution in [-0.4, -0.2) is 6.21 Å². The molecule has 0 spiro atoms. The molecule has 0 saturated carbocycles. The summed E-state index contributed by atoms with van der Waals surface area (Å²) in [6.07, 6.45) is 7.71. The van der Waals surface area contributed by atoms with Crippen molar-refractivity contribution in [3.8, 4) is 5.75 Å².